The van der Waals surface area contributed by atoms with Crippen LogP contribution in [0.4, 0.5) is 11.4 Å². The van der Waals surface area contributed by atoms with Crippen LogP contribution in [0.5, 0.6) is 11.5 Å². The summed E-state index contributed by atoms with van der Waals surface area (Å²) in [6, 6.07) is 22.2. The molecule has 6 nitrogen and oxygen atoms in total. The summed E-state index contributed by atoms with van der Waals surface area (Å²) in [6.45, 7) is 0. The van der Waals surface area contributed by atoms with E-state index < -0.39 is 0 Å². The highest BCUT2D eigenvalue weighted by molar-refractivity contribution is 5.97. The number of rotatable bonds is 4. The number of phenols is 2. The van der Waals surface area contributed by atoms with Crippen molar-refractivity contribution in [1.29, 1.82) is 0 Å². The normalized spacial score (nSPS) is 11.8. The van der Waals surface area contributed by atoms with Gasteiger partial charge < -0.3 is 10.2 Å². The lowest BCUT2D eigenvalue weighted by Gasteiger charge is -2.05. The lowest BCUT2D eigenvalue weighted by Crippen LogP contribution is -1.87. The smallest absolute Gasteiger partial charge is 0.150 e. The van der Waals surface area contributed by atoms with Gasteiger partial charge >= 0.3 is 0 Å². The fourth-order valence-electron chi connectivity index (χ4n) is 3.46. The molecule has 154 valence electrons. The molecule has 0 atom stereocenters. The molecule has 0 radical (unpaired) electrons. The summed E-state index contributed by atoms with van der Waals surface area (Å²) < 4.78 is 0. The number of hydrogen-bond donors (Lipinski definition) is 2. The molecular weight excluding hydrogens is 400 g/mol. The van der Waals surface area contributed by atoms with Crippen molar-refractivity contribution in [2.24, 2.45) is 9.98 Å². The molecule has 32 heavy (non-hydrogen) atoms. The molecule has 0 amide bonds. The summed E-state index contributed by atoms with van der Waals surface area (Å²) in [5.74, 6) is 0.169. The largest absolute Gasteiger partial charge is 0.505 e. The Hall–Kier alpha value is -4.58. The first-order valence-corrected chi connectivity index (χ1v) is 10.0. The van der Waals surface area contributed by atoms with Crippen LogP contribution < -0.4 is 0 Å². The number of aromatic hydroxyl groups is 2. The molecule has 0 saturated carbocycles. The van der Waals surface area contributed by atoms with Crippen LogP contribution >= 0.6 is 0 Å². The second kappa shape index (κ2) is 8.28. The Morgan fingerprint density at radius 1 is 0.562 bits per heavy atom. The van der Waals surface area contributed by atoms with E-state index in [9.17, 15) is 10.2 Å². The van der Waals surface area contributed by atoms with Gasteiger partial charge in [0.15, 0.2) is 11.5 Å². The van der Waals surface area contributed by atoms with Gasteiger partial charge in [-0.25, -0.2) is 0 Å². The van der Waals surface area contributed by atoms with E-state index >= 15 is 0 Å². The van der Waals surface area contributed by atoms with Gasteiger partial charge in [0.05, 0.1) is 11.4 Å². The average molecular weight is 418 g/mol. The molecule has 0 bridgehead atoms. The van der Waals surface area contributed by atoms with Gasteiger partial charge in [0, 0.05) is 46.7 Å². The first kappa shape index (κ1) is 19.4. The molecule has 2 aromatic heterocycles. The molecule has 0 aliphatic rings. The number of phenolic OH excluding ortho intramolecular Hbond substituents is 2. The molecule has 2 N–H and O–H groups in total. The number of hydrogen-bond acceptors (Lipinski definition) is 6. The van der Waals surface area contributed by atoms with Crippen molar-refractivity contribution in [2.45, 2.75) is 0 Å². The lowest BCUT2D eigenvalue weighted by atomic mass is 10.1. The number of benzene rings is 3. The molecule has 0 aliphatic carbocycles. The molecule has 0 aliphatic heterocycles. The third kappa shape index (κ3) is 3.65. The molecule has 6 heteroatoms. The van der Waals surface area contributed by atoms with E-state index in [-0.39, 0.29) is 11.5 Å². The second-order valence-corrected chi connectivity index (χ2v) is 7.16. The van der Waals surface area contributed by atoms with Crippen LogP contribution in [-0.2, 0) is 0 Å². The van der Waals surface area contributed by atoms with Crippen LogP contribution in [0.15, 0.2) is 95.2 Å². The third-order valence-electron chi connectivity index (χ3n) is 5.13. The van der Waals surface area contributed by atoms with E-state index in [1.54, 1.807) is 37.0 Å². The summed E-state index contributed by atoms with van der Waals surface area (Å²) >= 11 is 0. The quantitative estimate of drug-likeness (QED) is 0.367. The van der Waals surface area contributed by atoms with E-state index in [0.717, 1.165) is 10.8 Å². The lowest BCUT2D eigenvalue weighted by molar-refractivity contribution is 0.479. The zero-order chi connectivity index (χ0) is 21.9. The Balaban J connectivity index is 1.47. The fraction of sp³-hybridized carbons (Fsp3) is 0. The maximum absolute atomic E-state index is 10.5. The van der Waals surface area contributed by atoms with Crippen LogP contribution in [-0.4, -0.2) is 32.6 Å². The Kier molecular flexibility index (Phi) is 5.01. The minimum absolute atomic E-state index is 0.0846. The van der Waals surface area contributed by atoms with Crippen molar-refractivity contribution in [3.05, 3.63) is 96.3 Å². The van der Waals surface area contributed by atoms with Gasteiger partial charge in [-0.3, -0.25) is 20.0 Å². The van der Waals surface area contributed by atoms with Gasteiger partial charge in [-0.15, -0.1) is 0 Å². The van der Waals surface area contributed by atoms with Crippen LogP contribution in [0.1, 0.15) is 11.1 Å². The van der Waals surface area contributed by atoms with Crippen LogP contribution in [0.2, 0.25) is 0 Å². The van der Waals surface area contributed by atoms with Crippen molar-refractivity contribution < 1.29 is 10.2 Å². The third-order valence-corrected chi connectivity index (χ3v) is 5.13. The number of aromatic nitrogens is 2. The standard InChI is InChI=1S/C26H18N4O2/c31-25-19(11-9-17-5-3-13-27-23(17)25)15-29-21-7-1-2-8-22(21)30-16-20-12-10-18-6-4-14-28-24(18)26(20)32/h1-16,31-32H. The zero-order valence-electron chi connectivity index (χ0n) is 16.9. The summed E-state index contributed by atoms with van der Waals surface area (Å²) in [5, 5.41) is 22.8. The predicted molar refractivity (Wildman–Crippen MR) is 128 cm³/mol. The highest BCUT2D eigenvalue weighted by Gasteiger charge is 2.07. The highest BCUT2D eigenvalue weighted by atomic mass is 16.3. The monoisotopic (exact) mass is 418 g/mol. The molecule has 0 spiro atoms. The summed E-state index contributed by atoms with van der Waals surface area (Å²) in [6.07, 6.45) is 6.47. The van der Waals surface area contributed by atoms with Gasteiger partial charge in [-0.2, -0.15) is 0 Å². The first-order chi connectivity index (χ1) is 15.7. The molecule has 0 fully saturated rings. The molecule has 0 saturated heterocycles. The SMILES string of the molecule is Oc1c(C=Nc2ccccc2N=Cc2ccc3cccnc3c2O)ccc2cccnc12. The maximum Gasteiger partial charge on any atom is 0.150 e. The van der Waals surface area contributed by atoms with Gasteiger partial charge in [0.25, 0.3) is 0 Å². The van der Waals surface area contributed by atoms with E-state index in [2.05, 4.69) is 20.0 Å². The highest BCUT2D eigenvalue weighted by Crippen LogP contribution is 2.31. The van der Waals surface area contributed by atoms with Crippen molar-refractivity contribution in [3.63, 3.8) is 0 Å². The van der Waals surface area contributed by atoms with E-state index in [0.29, 0.717) is 33.5 Å². The number of pyridine rings is 2. The molecule has 2 heterocycles. The predicted octanol–water partition coefficient (Wildman–Crippen LogP) is 5.70. The number of aliphatic imine (C=N–C) groups is 2. The number of para-hydroxylation sites is 2. The van der Waals surface area contributed by atoms with Crippen LogP contribution in [0.3, 0.4) is 0 Å². The fourth-order valence-corrected chi connectivity index (χ4v) is 3.46. The van der Waals surface area contributed by atoms with E-state index in [1.807, 2.05) is 60.7 Å². The van der Waals surface area contributed by atoms with Gasteiger partial charge in [0.2, 0.25) is 0 Å². The van der Waals surface area contributed by atoms with Gasteiger partial charge in [-0.1, -0.05) is 36.4 Å². The van der Waals surface area contributed by atoms with Crippen molar-refractivity contribution in [2.75, 3.05) is 0 Å². The first-order valence-electron chi connectivity index (χ1n) is 10.0. The summed E-state index contributed by atoms with van der Waals surface area (Å²) in [7, 11) is 0. The van der Waals surface area contributed by atoms with Crippen molar-refractivity contribution >= 4 is 45.6 Å². The van der Waals surface area contributed by atoms with Gasteiger partial charge in [-0.05, 0) is 36.4 Å². The molecule has 5 rings (SSSR count). The topological polar surface area (TPSA) is 91.0 Å². The van der Waals surface area contributed by atoms with Crippen LogP contribution in [0, 0.1) is 0 Å². The zero-order valence-corrected chi connectivity index (χ0v) is 16.9. The Bertz CT molecular complexity index is 1390. The minimum atomic E-state index is 0.0846. The summed E-state index contributed by atoms with van der Waals surface area (Å²) in [4.78, 5) is 17.5. The Morgan fingerprint density at radius 3 is 1.50 bits per heavy atom. The molecule has 0 unspecified atom stereocenters. The minimum Gasteiger partial charge on any atom is -0.505 e. The Morgan fingerprint density at radius 2 is 1.03 bits per heavy atom. The average Bonchev–Trinajstić information content (AvgIpc) is 2.84. The molecule has 3 aromatic carbocycles. The van der Waals surface area contributed by atoms with Crippen molar-refractivity contribution in [1.82, 2.24) is 9.97 Å². The number of fused-ring (bicyclic) bond motifs is 2. The van der Waals surface area contributed by atoms with E-state index in [4.69, 9.17) is 0 Å². The molecule has 5 aromatic rings. The summed E-state index contributed by atoms with van der Waals surface area (Å²) in [5.41, 5.74) is 3.44. The van der Waals surface area contributed by atoms with Crippen molar-refractivity contribution in [3.8, 4) is 11.5 Å². The van der Waals surface area contributed by atoms with E-state index in [1.165, 1.54) is 0 Å². The number of nitrogens with zero attached hydrogens (tertiary/aromatic N) is 4. The van der Waals surface area contributed by atoms with Gasteiger partial charge in [0.1, 0.15) is 11.0 Å². The molecular formula is C26H18N4O2. The maximum atomic E-state index is 10.5. The second-order valence-electron chi connectivity index (χ2n) is 7.16. The van der Waals surface area contributed by atoms with Crippen LogP contribution in [0.25, 0.3) is 21.8 Å². The Labute approximate surface area is 183 Å².